The van der Waals surface area contributed by atoms with E-state index in [1.54, 1.807) is 18.5 Å². The highest BCUT2D eigenvalue weighted by molar-refractivity contribution is 5.94. The van der Waals surface area contributed by atoms with Crippen molar-refractivity contribution >= 4 is 11.9 Å². The molecule has 1 saturated heterocycles. The van der Waals surface area contributed by atoms with Crippen LogP contribution in [0.5, 0.6) is 0 Å². The van der Waals surface area contributed by atoms with E-state index in [1.165, 1.54) is 19.0 Å². The summed E-state index contributed by atoms with van der Waals surface area (Å²) in [6.45, 7) is 1.52. The zero-order chi connectivity index (χ0) is 23.1. The Hall–Kier alpha value is -3.08. The Bertz CT molecular complexity index is 895. The van der Waals surface area contributed by atoms with Gasteiger partial charge in [-0.1, -0.05) is 6.07 Å². The number of hydrogen-bond acceptors (Lipinski definition) is 6. The van der Waals surface area contributed by atoms with Crippen molar-refractivity contribution < 1.29 is 32.6 Å². The van der Waals surface area contributed by atoms with Gasteiger partial charge in [-0.25, -0.2) is 4.79 Å². The number of halogens is 3. The number of pyridine rings is 1. The van der Waals surface area contributed by atoms with Crippen LogP contribution in [0.25, 0.3) is 0 Å². The van der Waals surface area contributed by atoms with Crippen molar-refractivity contribution in [3.63, 3.8) is 0 Å². The van der Waals surface area contributed by atoms with E-state index in [0.29, 0.717) is 18.0 Å². The highest BCUT2D eigenvalue weighted by Gasteiger charge is 2.39. The van der Waals surface area contributed by atoms with Crippen LogP contribution in [-0.2, 0) is 16.0 Å². The van der Waals surface area contributed by atoms with Crippen LogP contribution in [0, 0.1) is 5.92 Å². The van der Waals surface area contributed by atoms with Gasteiger partial charge in [-0.05, 0) is 49.3 Å². The normalized spacial score (nSPS) is 20.4. The Kier molecular flexibility index (Phi) is 7.73. The van der Waals surface area contributed by atoms with Crippen molar-refractivity contribution in [3.05, 3.63) is 54.1 Å². The summed E-state index contributed by atoms with van der Waals surface area (Å²) in [6.07, 6.45) is 5.89. The Balaban J connectivity index is 0.000000360. The summed E-state index contributed by atoms with van der Waals surface area (Å²) in [6, 6.07) is 5.74. The molecular formula is C21H23F3N4O4. The molecule has 11 heteroatoms. The van der Waals surface area contributed by atoms with E-state index in [9.17, 15) is 18.0 Å². The minimum atomic E-state index is -5.08. The largest absolute Gasteiger partial charge is 0.490 e. The fourth-order valence-corrected chi connectivity index (χ4v) is 3.40. The number of rotatable bonds is 6. The maximum Gasteiger partial charge on any atom is 0.490 e. The number of carbonyl (C=O) groups excluding carboxylic acids is 1. The average molecular weight is 452 g/mol. The lowest BCUT2D eigenvalue weighted by Crippen LogP contribution is -2.42. The number of nitrogens with zero attached hydrogens (tertiary/aromatic N) is 4. The SMILES string of the molecule is O=C(O)C(F)(F)F.O=C(c1ccnnc1)N1CC[C@@H](OCC2CC2)[C@@H]1Cc1cccnc1. The average Bonchev–Trinajstić information content (AvgIpc) is 3.53. The monoisotopic (exact) mass is 452 g/mol. The maximum absolute atomic E-state index is 12.9. The predicted molar refractivity (Wildman–Crippen MR) is 106 cm³/mol. The first-order valence-electron chi connectivity index (χ1n) is 10.1. The first-order valence-corrected chi connectivity index (χ1v) is 10.1. The van der Waals surface area contributed by atoms with Crippen LogP contribution in [0.1, 0.15) is 35.2 Å². The molecule has 8 nitrogen and oxygen atoms in total. The number of carboxylic acids is 1. The lowest BCUT2D eigenvalue weighted by Gasteiger charge is -2.28. The van der Waals surface area contributed by atoms with E-state index in [4.69, 9.17) is 14.6 Å². The maximum atomic E-state index is 12.9. The number of carboxylic acid groups (broad SMARTS) is 1. The Labute approximate surface area is 182 Å². The smallest absolute Gasteiger partial charge is 0.475 e. The van der Waals surface area contributed by atoms with Gasteiger partial charge in [-0.3, -0.25) is 9.78 Å². The molecule has 0 unspecified atom stereocenters. The fraction of sp³-hybridized carbons (Fsp3) is 0.476. The van der Waals surface area contributed by atoms with Gasteiger partial charge in [0.1, 0.15) is 0 Å². The van der Waals surface area contributed by atoms with Gasteiger partial charge < -0.3 is 14.7 Å². The molecule has 0 spiro atoms. The fourth-order valence-electron chi connectivity index (χ4n) is 3.40. The number of likely N-dealkylation sites (tertiary alicyclic amines) is 1. The van der Waals surface area contributed by atoms with Gasteiger partial charge >= 0.3 is 12.1 Å². The van der Waals surface area contributed by atoms with Crippen molar-refractivity contribution in [2.75, 3.05) is 13.2 Å². The summed E-state index contributed by atoms with van der Waals surface area (Å²) in [5.41, 5.74) is 1.70. The van der Waals surface area contributed by atoms with Gasteiger partial charge in [-0.2, -0.15) is 23.4 Å². The molecule has 3 heterocycles. The van der Waals surface area contributed by atoms with Crippen molar-refractivity contribution in [3.8, 4) is 0 Å². The van der Waals surface area contributed by atoms with Crippen LogP contribution < -0.4 is 0 Å². The van der Waals surface area contributed by atoms with Crippen LogP contribution in [0.4, 0.5) is 13.2 Å². The van der Waals surface area contributed by atoms with Crippen LogP contribution in [-0.4, -0.2) is 68.5 Å². The molecule has 1 N–H and O–H groups in total. The third kappa shape index (κ3) is 6.71. The molecule has 172 valence electrons. The molecule has 1 saturated carbocycles. The second-order valence-corrected chi connectivity index (χ2v) is 7.67. The van der Waals surface area contributed by atoms with Crippen LogP contribution in [0.2, 0.25) is 0 Å². The number of carbonyl (C=O) groups is 2. The number of aromatic nitrogens is 3. The molecule has 2 aliphatic rings. The molecule has 32 heavy (non-hydrogen) atoms. The van der Waals surface area contributed by atoms with Gasteiger partial charge in [0, 0.05) is 25.5 Å². The van der Waals surface area contributed by atoms with E-state index in [0.717, 1.165) is 25.0 Å². The summed E-state index contributed by atoms with van der Waals surface area (Å²) in [7, 11) is 0. The Morgan fingerprint density at radius 3 is 2.44 bits per heavy atom. The third-order valence-corrected chi connectivity index (χ3v) is 5.23. The molecule has 2 aromatic heterocycles. The van der Waals surface area contributed by atoms with E-state index >= 15 is 0 Å². The highest BCUT2D eigenvalue weighted by atomic mass is 19.4. The van der Waals surface area contributed by atoms with Crippen LogP contribution in [0.15, 0.2) is 43.0 Å². The molecule has 2 atom stereocenters. The van der Waals surface area contributed by atoms with Crippen LogP contribution in [0.3, 0.4) is 0 Å². The standard InChI is InChI=1S/C19H22N4O2.C2HF3O2/c24-19(16-5-8-21-22-12-16)23-9-6-18(25-13-14-3-4-14)17(23)10-15-2-1-7-20-11-15;3-2(4,5)1(6)7/h1-2,5,7-8,11-12,14,17-18H,3-4,6,9-10,13H2;(H,6,7)/t17-,18+;/m0./s1. The van der Waals surface area contributed by atoms with E-state index < -0.39 is 12.1 Å². The number of alkyl halides is 3. The zero-order valence-electron chi connectivity index (χ0n) is 17.1. The van der Waals surface area contributed by atoms with Gasteiger partial charge in [0.05, 0.1) is 30.1 Å². The molecule has 4 rings (SSSR count). The summed E-state index contributed by atoms with van der Waals surface area (Å²) < 4.78 is 37.9. The summed E-state index contributed by atoms with van der Waals surface area (Å²) in [5, 5.41) is 14.7. The quantitative estimate of drug-likeness (QED) is 0.719. The molecule has 2 aromatic rings. The number of hydrogen-bond donors (Lipinski definition) is 1. The zero-order valence-corrected chi connectivity index (χ0v) is 17.1. The van der Waals surface area contributed by atoms with Crippen molar-refractivity contribution in [2.24, 2.45) is 5.92 Å². The first-order chi connectivity index (χ1) is 15.3. The molecule has 1 aliphatic carbocycles. The van der Waals surface area contributed by atoms with Gasteiger partial charge in [0.2, 0.25) is 0 Å². The Morgan fingerprint density at radius 2 is 1.88 bits per heavy atom. The van der Waals surface area contributed by atoms with Gasteiger partial charge in [0.15, 0.2) is 0 Å². The van der Waals surface area contributed by atoms with Gasteiger partial charge in [0.25, 0.3) is 5.91 Å². The second-order valence-electron chi connectivity index (χ2n) is 7.67. The molecule has 0 bridgehead atoms. The first kappa shape index (κ1) is 23.6. The van der Waals surface area contributed by atoms with Crippen molar-refractivity contribution in [2.45, 2.75) is 44.0 Å². The topological polar surface area (TPSA) is 106 Å². The van der Waals surface area contributed by atoms with E-state index in [1.807, 2.05) is 17.2 Å². The number of ether oxygens (including phenoxy) is 1. The lowest BCUT2D eigenvalue weighted by molar-refractivity contribution is -0.192. The number of amides is 1. The predicted octanol–water partition coefficient (Wildman–Crippen LogP) is 2.76. The molecule has 1 aliphatic heterocycles. The summed E-state index contributed by atoms with van der Waals surface area (Å²) in [5.74, 6) is -2.04. The molecule has 0 aromatic carbocycles. The van der Waals surface area contributed by atoms with Crippen molar-refractivity contribution in [1.29, 1.82) is 0 Å². The minimum absolute atomic E-state index is 0.00122. The molecule has 0 radical (unpaired) electrons. The summed E-state index contributed by atoms with van der Waals surface area (Å²) in [4.78, 5) is 28.0. The highest BCUT2D eigenvalue weighted by Crippen LogP contribution is 2.32. The molecule has 2 fully saturated rings. The van der Waals surface area contributed by atoms with E-state index in [2.05, 4.69) is 21.2 Å². The third-order valence-electron chi connectivity index (χ3n) is 5.23. The van der Waals surface area contributed by atoms with Gasteiger partial charge in [-0.15, -0.1) is 0 Å². The number of aliphatic carboxylic acids is 1. The lowest BCUT2D eigenvalue weighted by atomic mass is 10.0. The van der Waals surface area contributed by atoms with Crippen molar-refractivity contribution in [1.82, 2.24) is 20.1 Å². The molecular weight excluding hydrogens is 429 g/mol. The van der Waals surface area contributed by atoms with E-state index in [-0.39, 0.29) is 18.1 Å². The summed E-state index contributed by atoms with van der Waals surface area (Å²) >= 11 is 0. The minimum Gasteiger partial charge on any atom is -0.475 e. The van der Waals surface area contributed by atoms with Crippen LogP contribution >= 0.6 is 0 Å². The molecule has 1 amide bonds. The Morgan fingerprint density at radius 1 is 1.12 bits per heavy atom. The second kappa shape index (κ2) is 10.5.